The highest BCUT2D eigenvalue weighted by molar-refractivity contribution is 6.30. The molecule has 2 aromatic carbocycles. The maximum atomic E-state index is 13.5. The van der Waals surface area contributed by atoms with E-state index in [0.717, 1.165) is 24.2 Å². The molecule has 1 fully saturated rings. The Morgan fingerprint density at radius 2 is 1.91 bits per heavy atom. The van der Waals surface area contributed by atoms with Gasteiger partial charge in [0.05, 0.1) is 18.7 Å². The minimum absolute atomic E-state index is 0.0620. The molecule has 1 aromatic heterocycles. The fourth-order valence-corrected chi connectivity index (χ4v) is 4.26. The van der Waals surface area contributed by atoms with Crippen LogP contribution in [0.4, 0.5) is 0 Å². The summed E-state index contributed by atoms with van der Waals surface area (Å²) in [6.45, 7) is 5.45. The van der Waals surface area contributed by atoms with Crippen molar-refractivity contribution in [2.45, 2.75) is 26.1 Å². The second-order valence-corrected chi connectivity index (χ2v) is 9.10. The Morgan fingerprint density at radius 1 is 1.20 bits per heavy atom. The molecule has 0 spiro atoms. The smallest absolute Gasteiger partial charge is 0.257 e. The lowest BCUT2D eigenvalue weighted by Crippen LogP contribution is -2.35. The van der Waals surface area contributed by atoms with Gasteiger partial charge in [-0.2, -0.15) is 0 Å². The molecule has 3 aromatic rings. The number of nitrogens with zero attached hydrogens (tertiary/aromatic N) is 2. The minimum Gasteiger partial charge on any atom is -0.381 e. The number of halogens is 1. The van der Waals surface area contributed by atoms with Gasteiger partial charge >= 0.3 is 0 Å². The van der Waals surface area contributed by atoms with Crippen LogP contribution in [-0.2, 0) is 24.9 Å². The first-order chi connectivity index (χ1) is 16.8. The zero-order chi connectivity index (χ0) is 24.9. The number of hydrogen-bond donors (Lipinski definition) is 2. The van der Waals surface area contributed by atoms with Crippen molar-refractivity contribution < 1.29 is 14.6 Å². The van der Waals surface area contributed by atoms with Gasteiger partial charge in [0.2, 0.25) is 5.43 Å². The number of aromatic nitrogens is 1. The number of aryl methyl sites for hydroxylation is 1. The summed E-state index contributed by atoms with van der Waals surface area (Å²) in [5.41, 5.74) is 2.78. The first-order valence-corrected chi connectivity index (χ1v) is 11.9. The van der Waals surface area contributed by atoms with E-state index in [-0.39, 0.29) is 17.5 Å². The van der Waals surface area contributed by atoms with Gasteiger partial charge in [0.25, 0.3) is 5.91 Å². The SMILES string of the molecule is C[C@@H](O)C#Cc1cc(CN2CCOCC2)cc2c(=O)c(C(=O)NCc3ccc(Cl)cc3)cn(C)c12. The molecular formula is C27H28ClN3O4. The van der Waals surface area contributed by atoms with E-state index < -0.39 is 12.0 Å². The van der Waals surface area contributed by atoms with E-state index in [4.69, 9.17) is 16.3 Å². The highest BCUT2D eigenvalue weighted by atomic mass is 35.5. The van der Waals surface area contributed by atoms with Crippen LogP contribution in [-0.4, -0.2) is 52.9 Å². The fourth-order valence-electron chi connectivity index (χ4n) is 4.14. The van der Waals surface area contributed by atoms with Gasteiger partial charge in [-0.25, -0.2) is 0 Å². The molecule has 1 saturated heterocycles. The van der Waals surface area contributed by atoms with Crippen molar-refractivity contribution in [2.75, 3.05) is 26.3 Å². The Balaban J connectivity index is 1.72. The van der Waals surface area contributed by atoms with Gasteiger partial charge in [0.15, 0.2) is 0 Å². The highest BCUT2D eigenvalue weighted by Gasteiger charge is 2.18. The Labute approximate surface area is 209 Å². The fraction of sp³-hybridized carbons (Fsp3) is 0.333. The van der Waals surface area contributed by atoms with Crippen molar-refractivity contribution in [3.63, 3.8) is 0 Å². The Bertz CT molecular complexity index is 1350. The highest BCUT2D eigenvalue weighted by Crippen LogP contribution is 2.21. The molecule has 0 aliphatic carbocycles. The van der Waals surface area contributed by atoms with Gasteiger partial charge in [-0.05, 0) is 42.3 Å². The summed E-state index contributed by atoms with van der Waals surface area (Å²) in [6.07, 6.45) is 0.736. The molecule has 2 N–H and O–H groups in total. The van der Waals surface area contributed by atoms with Crippen LogP contribution in [0.15, 0.2) is 47.4 Å². The van der Waals surface area contributed by atoms with Gasteiger partial charge in [0.1, 0.15) is 11.7 Å². The topological polar surface area (TPSA) is 83.8 Å². The largest absolute Gasteiger partial charge is 0.381 e. The summed E-state index contributed by atoms with van der Waals surface area (Å²) in [4.78, 5) is 28.7. The number of pyridine rings is 1. The van der Waals surface area contributed by atoms with Crippen molar-refractivity contribution >= 4 is 28.4 Å². The van der Waals surface area contributed by atoms with Crippen LogP contribution in [0.1, 0.15) is 34.0 Å². The molecule has 0 unspecified atom stereocenters. The van der Waals surface area contributed by atoms with Crippen LogP contribution in [0.2, 0.25) is 5.02 Å². The lowest BCUT2D eigenvalue weighted by atomic mass is 10.0. The molecule has 7 nitrogen and oxygen atoms in total. The maximum Gasteiger partial charge on any atom is 0.257 e. The number of nitrogens with one attached hydrogen (secondary N) is 1. The molecule has 35 heavy (non-hydrogen) atoms. The van der Waals surface area contributed by atoms with E-state index in [2.05, 4.69) is 22.1 Å². The average Bonchev–Trinajstić information content (AvgIpc) is 2.84. The van der Waals surface area contributed by atoms with E-state index in [1.54, 1.807) is 30.7 Å². The molecule has 1 amide bonds. The third-order valence-corrected chi connectivity index (χ3v) is 6.12. The number of carbonyl (C=O) groups is 1. The number of benzene rings is 2. The average molecular weight is 494 g/mol. The second-order valence-electron chi connectivity index (χ2n) is 8.67. The molecule has 8 heteroatoms. The van der Waals surface area contributed by atoms with Gasteiger partial charge in [0, 0.05) is 55.4 Å². The first-order valence-electron chi connectivity index (χ1n) is 11.5. The number of fused-ring (bicyclic) bond motifs is 1. The Hall–Kier alpha value is -3.15. The first kappa shape index (κ1) is 25.0. The Kier molecular flexibility index (Phi) is 7.89. The van der Waals surface area contributed by atoms with Crippen LogP contribution in [0.5, 0.6) is 0 Å². The van der Waals surface area contributed by atoms with Crippen LogP contribution in [0.25, 0.3) is 10.9 Å². The van der Waals surface area contributed by atoms with E-state index in [1.807, 2.05) is 24.3 Å². The molecule has 1 atom stereocenters. The number of morpholine rings is 1. The van der Waals surface area contributed by atoms with Crippen LogP contribution < -0.4 is 10.7 Å². The summed E-state index contributed by atoms with van der Waals surface area (Å²) in [6, 6.07) is 11.0. The molecular weight excluding hydrogens is 466 g/mol. The van der Waals surface area contributed by atoms with Crippen molar-refractivity contribution in [3.8, 4) is 11.8 Å². The zero-order valence-corrected chi connectivity index (χ0v) is 20.6. The number of aliphatic hydroxyl groups excluding tert-OH is 1. The molecule has 0 saturated carbocycles. The number of rotatable bonds is 5. The molecule has 1 aliphatic heterocycles. The number of ether oxygens (including phenoxy) is 1. The van der Waals surface area contributed by atoms with Gasteiger partial charge < -0.3 is 19.7 Å². The van der Waals surface area contributed by atoms with Gasteiger partial charge in [-0.15, -0.1) is 0 Å². The van der Waals surface area contributed by atoms with Crippen LogP contribution in [0.3, 0.4) is 0 Å². The lowest BCUT2D eigenvalue weighted by molar-refractivity contribution is 0.0342. The second kappa shape index (κ2) is 11.1. The molecule has 0 radical (unpaired) electrons. The number of aliphatic hydroxyl groups is 1. The normalized spacial score (nSPS) is 14.9. The monoisotopic (exact) mass is 493 g/mol. The summed E-state index contributed by atoms with van der Waals surface area (Å²) < 4.78 is 7.19. The van der Waals surface area contributed by atoms with Crippen LogP contribution in [0, 0.1) is 11.8 Å². The van der Waals surface area contributed by atoms with Crippen molar-refractivity contribution in [1.82, 2.24) is 14.8 Å². The predicted octanol–water partition coefficient (Wildman–Crippen LogP) is 2.69. The molecule has 182 valence electrons. The zero-order valence-electron chi connectivity index (χ0n) is 19.8. The van der Waals surface area contributed by atoms with Crippen molar-refractivity contribution in [2.24, 2.45) is 7.05 Å². The summed E-state index contributed by atoms with van der Waals surface area (Å²) >= 11 is 5.93. The predicted molar refractivity (Wildman–Crippen MR) is 136 cm³/mol. The van der Waals surface area contributed by atoms with Crippen LogP contribution >= 0.6 is 11.6 Å². The summed E-state index contributed by atoms with van der Waals surface area (Å²) in [7, 11) is 1.78. The van der Waals surface area contributed by atoms with E-state index in [9.17, 15) is 14.7 Å². The summed E-state index contributed by atoms with van der Waals surface area (Å²) in [5, 5.41) is 13.6. The van der Waals surface area contributed by atoms with E-state index in [0.29, 0.717) is 41.2 Å². The molecule has 2 heterocycles. The molecule has 0 bridgehead atoms. The van der Waals surface area contributed by atoms with Crippen molar-refractivity contribution in [3.05, 3.63) is 80.1 Å². The third-order valence-electron chi connectivity index (χ3n) is 5.87. The summed E-state index contributed by atoms with van der Waals surface area (Å²) in [5.74, 6) is 5.35. The van der Waals surface area contributed by atoms with E-state index in [1.165, 1.54) is 6.20 Å². The maximum absolute atomic E-state index is 13.5. The number of amides is 1. The quantitative estimate of drug-likeness (QED) is 0.534. The minimum atomic E-state index is -0.803. The van der Waals surface area contributed by atoms with Gasteiger partial charge in [-0.3, -0.25) is 14.5 Å². The lowest BCUT2D eigenvalue weighted by Gasteiger charge is -2.26. The van der Waals surface area contributed by atoms with Crippen molar-refractivity contribution in [1.29, 1.82) is 0 Å². The number of carbonyl (C=O) groups excluding carboxylic acids is 1. The third kappa shape index (κ3) is 6.11. The molecule has 4 rings (SSSR count). The van der Waals surface area contributed by atoms with Gasteiger partial charge in [-0.1, -0.05) is 35.6 Å². The standard InChI is InChI=1S/C27H28ClN3O4/c1-18(32)3-6-21-13-20(16-31-9-11-35-12-10-31)14-23-25(21)30(2)17-24(26(23)33)27(34)29-15-19-4-7-22(28)8-5-19/h4-5,7-8,13-14,17-18,32H,9-12,15-16H2,1-2H3,(H,29,34)/t18-/m1/s1. The molecule has 1 aliphatic rings. The Morgan fingerprint density at radius 3 is 2.60 bits per heavy atom. The number of hydrogen-bond acceptors (Lipinski definition) is 5. The van der Waals surface area contributed by atoms with E-state index >= 15 is 0 Å².